The maximum atomic E-state index is 12.1. The average molecular weight is 348 g/mol. The molecule has 1 fully saturated rings. The number of hydrogen-bond acceptors (Lipinski definition) is 4. The Morgan fingerprint density at radius 3 is 2.48 bits per heavy atom. The summed E-state index contributed by atoms with van der Waals surface area (Å²) in [6, 6.07) is 5.59. The number of nitrogens with zero attached hydrogens (tertiary/aromatic N) is 1. The normalized spacial score (nSPS) is 21.0. The summed E-state index contributed by atoms with van der Waals surface area (Å²) < 4.78 is 10.5. The zero-order chi connectivity index (χ0) is 18.2. The minimum absolute atomic E-state index is 0.0487. The monoisotopic (exact) mass is 348 g/mol. The molecule has 1 aliphatic heterocycles. The number of carbonyl (C=O) groups is 1. The zero-order valence-electron chi connectivity index (χ0n) is 16.0. The summed E-state index contributed by atoms with van der Waals surface area (Å²) in [6.07, 6.45) is 2.69. The molecule has 2 atom stereocenters. The van der Waals surface area contributed by atoms with Gasteiger partial charge in [-0.15, -0.1) is 0 Å². The molecule has 1 aromatic rings. The Bertz CT molecular complexity index is 552. The lowest BCUT2D eigenvalue weighted by molar-refractivity contribution is -0.120. The highest BCUT2D eigenvalue weighted by Gasteiger charge is 2.21. The molecule has 0 unspecified atom stereocenters. The van der Waals surface area contributed by atoms with Crippen molar-refractivity contribution in [3.63, 3.8) is 0 Å². The van der Waals surface area contributed by atoms with Crippen LogP contribution < -0.4 is 14.8 Å². The van der Waals surface area contributed by atoms with E-state index in [2.05, 4.69) is 24.1 Å². The summed E-state index contributed by atoms with van der Waals surface area (Å²) >= 11 is 0. The number of ether oxygens (including phenoxy) is 2. The van der Waals surface area contributed by atoms with Gasteiger partial charge in [-0.05, 0) is 48.9 Å². The SMILES string of the molecule is COc1ccc(CC(=O)NCCCN2C[C@H](C)C[C@H](C)C2)cc1OC. The topological polar surface area (TPSA) is 50.8 Å². The summed E-state index contributed by atoms with van der Waals surface area (Å²) in [5.41, 5.74) is 0.925. The van der Waals surface area contributed by atoms with Crippen molar-refractivity contribution < 1.29 is 14.3 Å². The molecular weight excluding hydrogens is 316 g/mol. The molecule has 1 aliphatic rings. The highest BCUT2D eigenvalue weighted by molar-refractivity contribution is 5.78. The van der Waals surface area contributed by atoms with Gasteiger partial charge in [-0.2, -0.15) is 0 Å². The van der Waals surface area contributed by atoms with Gasteiger partial charge >= 0.3 is 0 Å². The van der Waals surface area contributed by atoms with E-state index in [0.717, 1.165) is 36.9 Å². The Hall–Kier alpha value is -1.75. The second-order valence-corrected chi connectivity index (χ2v) is 7.28. The molecule has 0 aliphatic carbocycles. The summed E-state index contributed by atoms with van der Waals surface area (Å²) in [5.74, 6) is 2.94. The van der Waals surface area contributed by atoms with Gasteiger partial charge in [-0.3, -0.25) is 4.79 Å². The zero-order valence-corrected chi connectivity index (χ0v) is 16.0. The van der Waals surface area contributed by atoms with Crippen LogP contribution in [0.4, 0.5) is 0 Å². The second kappa shape index (κ2) is 9.66. The van der Waals surface area contributed by atoms with E-state index >= 15 is 0 Å². The van der Waals surface area contributed by atoms with Crippen LogP contribution in [0.5, 0.6) is 11.5 Å². The summed E-state index contributed by atoms with van der Waals surface area (Å²) in [5, 5.41) is 3.02. The van der Waals surface area contributed by atoms with Crippen LogP contribution in [0, 0.1) is 11.8 Å². The lowest BCUT2D eigenvalue weighted by Gasteiger charge is -2.34. The van der Waals surface area contributed by atoms with Crippen LogP contribution >= 0.6 is 0 Å². The second-order valence-electron chi connectivity index (χ2n) is 7.28. The molecule has 25 heavy (non-hydrogen) atoms. The summed E-state index contributed by atoms with van der Waals surface area (Å²) in [6.45, 7) is 8.81. The lowest BCUT2D eigenvalue weighted by atomic mass is 9.92. The number of amides is 1. The van der Waals surface area contributed by atoms with Crippen molar-refractivity contribution in [1.29, 1.82) is 0 Å². The Labute approximate surface area is 151 Å². The van der Waals surface area contributed by atoms with Crippen LogP contribution in [0.2, 0.25) is 0 Å². The molecule has 5 heteroatoms. The van der Waals surface area contributed by atoms with E-state index < -0.39 is 0 Å². The third kappa shape index (κ3) is 6.24. The fraction of sp³-hybridized carbons (Fsp3) is 0.650. The number of piperidine rings is 1. The molecule has 2 rings (SSSR count). The first-order valence-electron chi connectivity index (χ1n) is 9.21. The largest absolute Gasteiger partial charge is 0.493 e. The maximum Gasteiger partial charge on any atom is 0.224 e. The van der Waals surface area contributed by atoms with Gasteiger partial charge in [0.05, 0.1) is 20.6 Å². The Kier molecular flexibility index (Phi) is 7.56. The van der Waals surface area contributed by atoms with E-state index in [9.17, 15) is 4.79 Å². The molecule has 5 nitrogen and oxygen atoms in total. The quantitative estimate of drug-likeness (QED) is 0.734. The van der Waals surface area contributed by atoms with E-state index in [4.69, 9.17) is 9.47 Å². The molecule has 1 aromatic carbocycles. The molecular formula is C20H32N2O3. The summed E-state index contributed by atoms with van der Waals surface area (Å²) in [7, 11) is 3.21. The van der Waals surface area contributed by atoms with Gasteiger partial charge in [0, 0.05) is 19.6 Å². The highest BCUT2D eigenvalue weighted by Crippen LogP contribution is 2.27. The predicted octanol–water partition coefficient (Wildman–Crippen LogP) is 2.73. The number of likely N-dealkylation sites (tertiary alicyclic amines) is 1. The van der Waals surface area contributed by atoms with Crippen LogP contribution in [-0.4, -0.2) is 51.2 Å². The van der Waals surface area contributed by atoms with Gasteiger partial charge in [-0.1, -0.05) is 19.9 Å². The molecule has 0 saturated carbocycles. The number of methoxy groups -OCH3 is 2. The van der Waals surface area contributed by atoms with Crippen molar-refractivity contribution in [3.8, 4) is 11.5 Å². The molecule has 1 saturated heterocycles. The number of rotatable bonds is 8. The molecule has 0 radical (unpaired) electrons. The van der Waals surface area contributed by atoms with Gasteiger partial charge in [0.25, 0.3) is 0 Å². The van der Waals surface area contributed by atoms with Gasteiger partial charge in [0.2, 0.25) is 5.91 Å². The van der Waals surface area contributed by atoms with Crippen molar-refractivity contribution in [2.45, 2.75) is 33.1 Å². The van der Waals surface area contributed by atoms with Crippen molar-refractivity contribution in [1.82, 2.24) is 10.2 Å². The Morgan fingerprint density at radius 2 is 1.84 bits per heavy atom. The third-order valence-corrected chi connectivity index (χ3v) is 4.73. The van der Waals surface area contributed by atoms with E-state index in [1.807, 2.05) is 18.2 Å². The van der Waals surface area contributed by atoms with Gasteiger partial charge in [0.15, 0.2) is 11.5 Å². The number of nitrogens with one attached hydrogen (secondary N) is 1. The van der Waals surface area contributed by atoms with Gasteiger partial charge in [-0.25, -0.2) is 0 Å². The van der Waals surface area contributed by atoms with E-state index in [0.29, 0.717) is 17.9 Å². The maximum absolute atomic E-state index is 12.1. The minimum atomic E-state index is 0.0487. The van der Waals surface area contributed by atoms with Crippen LogP contribution in [-0.2, 0) is 11.2 Å². The first-order valence-corrected chi connectivity index (χ1v) is 9.21. The fourth-order valence-corrected chi connectivity index (χ4v) is 3.74. The first kappa shape index (κ1) is 19.6. The molecule has 1 heterocycles. The molecule has 0 spiro atoms. The number of hydrogen-bond donors (Lipinski definition) is 1. The molecule has 0 bridgehead atoms. The van der Waals surface area contributed by atoms with Crippen molar-refractivity contribution in [3.05, 3.63) is 23.8 Å². The Balaban J connectivity index is 1.70. The summed E-state index contributed by atoms with van der Waals surface area (Å²) in [4.78, 5) is 14.7. The highest BCUT2D eigenvalue weighted by atomic mass is 16.5. The van der Waals surface area contributed by atoms with Crippen molar-refractivity contribution in [2.75, 3.05) is 40.4 Å². The molecule has 140 valence electrons. The lowest BCUT2D eigenvalue weighted by Crippen LogP contribution is -2.40. The predicted molar refractivity (Wildman–Crippen MR) is 100 cm³/mol. The fourth-order valence-electron chi connectivity index (χ4n) is 3.74. The molecule has 1 N–H and O–H groups in total. The minimum Gasteiger partial charge on any atom is -0.493 e. The average Bonchev–Trinajstić information content (AvgIpc) is 2.57. The van der Waals surface area contributed by atoms with Gasteiger partial charge in [0.1, 0.15) is 0 Å². The van der Waals surface area contributed by atoms with Gasteiger partial charge < -0.3 is 19.7 Å². The van der Waals surface area contributed by atoms with Crippen LogP contribution in [0.15, 0.2) is 18.2 Å². The van der Waals surface area contributed by atoms with E-state index in [-0.39, 0.29) is 5.91 Å². The molecule has 0 aromatic heterocycles. The van der Waals surface area contributed by atoms with Crippen LogP contribution in [0.3, 0.4) is 0 Å². The third-order valence-electron chi connectivity index (χ3n) is 4.73. The van der Waals surface area contributed by atoms with Crippen LogP contribution in [0.1, 0.15) is 32.3 Å². The Morgan fingerprint density at radius 1 is 1.16 bits per heavy atom. The molecule has 1 amide bonds. The van der Waals surface area contributed by atoms with Crippen molar-refractivity contribution in [2.24, 2.45) is 11.8 Å². The number of benzene rings is 1. The van der Waals surface area contributed by atoms with E-state index in [1.54, 1.807) is 14.2 Å². The van der Waals surface area contributed by atoms with Crippen LogP contribution in [0.25, 0.3) is 0 Å². The van der Waals surface area contributed by atoms with Crippen molar-refractivity contribution >= 4 is 5.91 Å². The standard InChI is InChI=1S/C20H32N2O3/c1-15-10-16(2)14-22(13-15)9-5-8-21-20(23)12-17-6-7-18(24-3)19(11-17)25-4/h6-7,11,15-16H,5,8-10,12-14H2,1-4H3,(H,21,23)/t15-,16+. The first-order chi connectivity index (χ1) is 12.0. The van der Waals surface area contributed by atoms with E-state index in [1.165, 1.54) is 19.5 Å². The smallest absolute Gasteiger partial charge is 0.224 e. The number of carbonyl (C=O) groups excluding carboxylic acids is 1.